The Labute approximate surface area is 217 Å². The zero-order valence-electron chi connectivity index (χ0n) is 20.9. The molecule has 2 aromatic rings. The summed E-state index contributed by atoms with van der Waals surface area (Å²) in [5.74, 6) is -0.833. The van der Waals surface area contributed by atoms with Crippen molar-refractivity contribution in [3.63, 3.8) is 0 Å². The third-order valence-corrected chi connectivity index (χ3v) is 5.79. The van der Waals surface area contributed by atoms with Crippen LogP contribution in [0.4, 0.5) is 23.2 Å². The first-order valence-corrected chi connectivity index (χ1v) is 11.6. The maximum atomic E-state index is 15.0. The number of rotatable bonds is 9. The Hall–Kier alpha value is -4.19. The summed E-state index contributed by atoms with van der Waals surface area (Å²) in [6.07, 6.45) is 6.89. The van der Waals surface area contributed by atoms with Crippen molar-refractivity contribution in [2.75, 3.05) is 45.2 Å². The summed E-state index contributed by atoms with van der Waals surface area (Å²) in [4.78, 5) is 24.7. The van der Waals surface area contributed by atoms with Crippen molar-refractivity contribution in [1.29, 1.82) is 5.53 Å². The minimum Gasteiger partial charge on any atom is -0.368 e. The summed E-state index contributed by atoms with van der Waals surface area (Å²) >= 11 is 0. The third-order valence-electron chi connectivity index (χ3n) is 5.79. The van der Waals surface area contributed by atoms with Crippen molar-refractivity contribution in [2.45, 2.75) is 6.18 Å². The number of hydrogen-bond acceptors (Lipinski definition) is 8. The molecular formula is C26H27F4N7O. The molecule has 3 heterocycles. The molecule has 0 spiro atoms. The van der Waals surface area contributed by atoms with Gasteiger partial charge in [-0.25, -0.2) is 9.92 Å². The number of aromatic nitrogens is 2. The number of hydrogen-bond donors (Lipinski definition) is 1. The number of nitrogens with one attached hydrogen (secondary N) is 1. The lowest BCUT2D eigenvalue weighted by molar-refractivity contribution is -0.137. The van der Waals surface area contributed by atoms with E-state index in [1.165, 1.54) is 36.5 Å². The number of anilines is 1. The summed E-state index contributed by atoms with van der Waals surface area (Å²) < 4.78 is 53.6. The number of likely N-dealkylation sites (N-methyl/N-ethyl adjacent to an activating group) is 2. The van der Waals surface area contributed by atoms with E-state index in [-0.39, 0.29) is 17.0 Å². The van der Waals surface area contributed by atoms with Crippen LogP contribution in [-0.2, 0) is 11.0 Å². The maximum Gasteiger partial charge on any atom is 0.417 e. The maximum absolute atomic E-state index is 15.0. The molecule has 0 aromatic carbocycles. The van der Waals surface area contributed by atoms with E-state index >= 15 is 0 Å². The Morgan fingerprint density at radius 1 is 1.08 bits per heavy atom. The van der Waals surface area contributed by atoms with Crippen LogP contribution in [-0.4, -0.2) is 66.3 Å². The van der Waals surface area contributed by atoms with Crippen LogP contribution in [0.15, 0.2) is 78.0 Å². The number of pyridine rings is 2. The molecule has 1 aliphatic heterocycles. The number of alkyl halides is 3. The molecule has 12 heteroatoms. The van der Waals surface area contributed by atoms with Crippen molar-refractivity contribution in [3.8, 4) is 0 Å². The molecule has 38 heavy (non-hydrogen) atoms. The minimum atomic E-state index is -4.55. The second kappa shape index (κ2) is 12.9. The van der Waals surface area contributed by atoms with Gasteiger partial charge in [0, 0.05) is 69.7 Å². The predicted octanol–water partition coefficient (Wildman–Crippen LogP) is 5.16. The van der Waals surface area contributed by atoms with Gasteiger partial charge in [-0.15, -0.1) is 0 Å². The Kier molecular flexibility index (Phi) is 9.61. The van der Waals surface area contributed by atoms with Crippen molar-refractivity contribution in [3.05, 3.63) is 89.6 Å². The van der Waals surface area contributed by atoms with Crippen LogP contribution in [0, 0.1) is 5.53 Å². The van der Waals surface area contributed by atoms with E-state index in [9.17, 15) is 22.4 Å². The SMILES string of the molecule is CN1CCN(c2cncc(/C(=C/N(C)C(=C/C=O)/C(F)=C\C=C\c3cncc(C(F)(F)F)c3)N=N)c2)CC1. The molecule has 1 fully saturated rings. The Morgan fingerprint density at radius 3 is 2.45 bits per heavy atom. The molecular weight excluding hydrogens is 502 g/mol. The van der Waals surface area contributed by atoms with Gasteiger partial charge in [-0.3, -0.25) is 14.8 Å². The molecule has 0 atom stereocenters. The van der Waals surface area contributed by atoms with Crippen molar-refractivity contribution >= 4 is 23.7 Å². The molecule has 0 radical (unpaired) electrons. The largest absolute Gasteiger partial charge is 0.417 e. The first-order valence-electron chi connectivity index (χ1n) is 11.6. The molecule has 1 aliphatic rings. The van der Waals surface area contributed by atoms with Gasteiger partial charge in [-0.05, 0) is 30.8 Å². The van der Waals surface area contributed by atoms with Crippen molar-refractivity contribution < 1.29 is 22.4 Å². The molecule has 0 aliphatic carbocycles. The topological polar surface area (TPSA) is 88.8 Å². The van der Waals surface area contributed by atoms with Gasteiger partial charge in [0.2, 0.25) is 0 Å². The molecule has 2 aromatic heterocycles. The minimum absolute atomic E-state index is 0.126. The van der Waals surface area contributed by atoms with Crippen molar-refractivity contribution in [1.82, 2.24) is 19.8 Å². The van der Waals surface area contributed by atoms with E-state index in [0.29, 0.717) is 18.0 Å². The van der Waals surface area contributed by atoms with E-state index in [1.807, 2.05) is 6.07 Å². The molecule has 0 bridgehead atoms. The van der Waals surface area contributed by atoms with Crippen LogP contribution in [0.2, 0.25) is 0 Å². The number of allylic oxidation sites excluding steroid dienone is 4. The smallest absolute Gasteiger partial charge is 0.368 e. The lowest BCUT2D eigenvalue weighted by Gasteiger charge is -2.34. The first-order chi connectivity index (χ1) is 18.1. The quantitative estimate of drug-likeness (QED) is 0.159. The fraction of sp³-hybridized carbons (Fsp3) is 0.269. The normalized spacial score (nSPS) is 16.2. The fourth-order valence-electron chi connectivity index (χ4n) is 3.69. The zero-order valence-corrected chi connectivity index (χ0v) is 20.9. The predicted molar refractivity (Wildman–Crippen MR) is 136 cm³/mol. The highest BCUT2D eigenvalue weighted by molar-refractivity contribution is 5.69. The summed E-state index contributed by atoms with van der Waals surface area (Å²) in [6.45, 7) is 3.46. The number of piperazine rings is 1. The van der Waals surface area contributed by atoms with Gasteiger partial charge in [0.25, 0.3) is 0 Å². The summed E-state index contributed by atoms with van der Waals surface area (Å²) in [5, 5.41) is 3.56. The standard InChI is InChI=1S/C26H27F4N7O/c1-35-7-9-37(10-8-35)22-13-20(15-33-17-22)24(34-31)18-36(2)25(6-11-38)23(27)5-3-4-19-12-21(16-32-14-19)26(28,29)30/h3-6,11-18,31H,7-10H2,1-2H3/b4-3+,23-5+,24-18-,25-6+,34-31?. The average molecular weight is 530 g/mol. The molecule has 1 saturated heterocycles. The molecule has 200 valence electrons. The number of carbonyl (C=O) groups is 1. The van der Waals surface area contributed by atoms with E-state index in [0.717, 1.165) is 50.1 Å². The van der Waals surface area contributed by atoms with Crippen LogP contribution < -0.4 is 4.90 Å². The van der Waals surface area contributed by atoms with E-state index in [2.05, 4.69) is 31.9 Å². The number of aldehydes is 1. The molecule has 0 saturated carbocycles. The van der Waals surface area contributed by atoms with E-state index in [4.69, 9.17) is 5.53 Å². The highest BCUT2D eigenvalue weighted by atomic mass is 19.4. The molecule has 8 nitrogen and oxygen atoms in total. The highest BCUT2D eigenvalue weighted by Gasteiger charge is 2.30. The second-order valence-corrected chi connectivity index (χ2v) is 8.53. The molecule has 0 unspecified atom stereocenters. The number of carbonyl (C=O) groups excluding carboxylic acids is 1. The summed E-state index contributed by atoms with van der Waals surface area (Å²) in [5.41, 5.74) is 8.29. The second-order valence-electron chi connectivity index (χ2n) is 8.53. The lowest BCUT2D eigenvalue weighted by Crippen LogP contribution is -2.44. The average Bonchev–Trinajstić information content (AvgIpc) is 2.90. The third kappa shape index (κ3) is 7.65. The monoisotopic (exact) mass is 529 g/mol. The number of nitrogens with zero attached hydrogens (tertiary/aromatic N) is 6. The highest BCUT2D eigenvalue weighted by Crippen LogP contribution is 2.29. The van der Waals surface area contributed by atoms with E-state index < -0.39 is 17.6 Å². The van der Waals surface area contributed by atoms with Gasteiger partial charge in [0.1, 0.15) is 17.8 Å². The Balaban J connectivity index is 1.81. The van der Waals surface area contributed by atoms with Gasteiger partial charge in [-0.1, -0.05) is 12.2 Å². The summed E-state index contributed by atoms with van der Waals surface area (Å²) in [6, 6.07) is 2.73. The van der Waals surface area contributed by atoms with Gasteiger partial charge in [-0.2, -0.15) is 18.3 Å². The molecule has 0 amide bonds. The van der Waals surface area contributed by atoms with Gasteiger partial charge in [0.05, 0.1) is 23.1 Å². The number of halogens is 4. The fourth-order valence-corrected chi connectivity index (χ4v) is 3.69. The van der Waals surface area contributed by atoms with Crippen LogP contribution in [0.1, 0.15) is 16.7 Å². The molecule has 1 N–H and O–H groups in total. The molecule has 3 rings (SSSR count). The van der Waals surface area contributed by atoms with Crippen LogP contribution in [0.5, 0.6) is 0 Å². The van der Waals surface area contributed by atoms with Crippen LogP contribution >= 0.6 is 0 Å². The van der Waals surface area contributed by atoms with Crippen molar-refractivity contribution in [2.24, 2.45) is 5.11 Å². The van der Waals surface area contributed by atoms with Gasteiger partial charge >= 0.3 is 6.18 Å². The Bertz CT molecular complexity index is 1260. The first kappa shape index (κ1) is 28.4. The van der Waals surface area contributed by atoms with Gasteiger partial charge in [0.15, 0.2) is 0 Å². The van der Waals surface area contributed by atoms with Crippen LogP contribution in [0.3, 0.4) is 0 Å². The zero-order chi connectivity index (χ0) is 27.7. The lowest BCUT2D eigenvalue weighted by atomic mass is 10.1. The summed E-state index contributed by atoms with van der Waals surface area (Å²) in [7, 11) is 3.53. The van der Waals surface area contributed by atoms with Crippen LogP contribution in [0.25, 0.3) is 11.8 Å². The Morgan fingerprint density at radius 2 is 1.79 bits per heavy atom. The van der Waals surface area contributed by atoms with E-state index in [1.54, 1.807) is 12.4 Å². The van der Waals surface area contributed by atoms with Gasteiger partial charge < -0.3 is 14.7 Å².